The van der Waals surface area contributed by atoms with Crippen molar-refractivity contribution in [3.8, 4) is 5.75 Å². The summed E-state index contributed by atoms with van der Waals surface area (Å²) in [5.41, 5.74) is 0. The number of nitrogens with zero attached hydrogens (tertiary/aromatic N) is 3. The smallest absolute Gasteiger partial charge is 0.226 e. The molecule has 1 amide bonds. The molecule has 1 fully saturated rings. The number of carbonyl (C=O) groups is 1. The number of rotatable bonds is 6. The zero-order chi connectivity index (χ0) is 16.1. The van der Waals surface area contributed by atoms with Crippen LogP contribution in [-0.4, -0.2) is 46.7 Å². The fourth-order valence-corrected chi connectivity index (χ4v) is 2.60. The van der Waals surface area contributed by atoms with Gasteiger partial charge in [-0.3, -0.25) is 14.7 Å². The molecule has 3 rings (SSSR count). The molecule has 23 heavy (non-hydrogen) atoms. The Morgan fingerprint density at radius 3 is 3.04 bits per heavy atom. The Bertz CT molecular complexity index is 644. The molecule has 1 aliphatic heterocycles. The Kier molecular flexibility index (Phi) is 4.87. The molecule has 7 heteroatoms. The third kappa shape index (κ3) is 4.53. The van der Waals surface area contributed by atoms with Crippen LogP contribution in [0.4, 0.5) is 5.82 Å². The van der Waals surface area contributed by atoms with Crippen molar-refractivity contribution in [1.29, 1.82) is 0 Å². The molecule has 1 N–H and O–H groups in total. The highest BCUT2D eigenvalue weighted by atomic mass is 16.5. The molecule has 2 aromatic heterocycles. The first-order chi connectivity index (χ1) is 11.2. The van der Waals surface area contributed by atoms with Crippen molar-refractivity contribution in [3.63, 3.8) is 0 Å². The quantitative estimate of drug-likeness (QED) is 0.876. The minimum Gasteiger partial charge on any atom is -0.489 e. The number of anilines is 1. The summed E-state index contributed by atoms with van der Waals surface area (Å²) in [6.07, 6.45) is 5.00. The Morgan fingerprint density at radius 2 is 2.30 bits per heavy atom. The number of amides is 1. The van der Waals surface area contributed by atoms with Crippen LogP contribution in [0.1, 0.15) is 18.6 Å². The number of aromatic nitrogens is 2. The molecule has 0 aliphatic carbocycles. The lowest BCUT2D eigenvalue weighted by molar-refractivity contribution is -0.116. The van der Waals surface area contributed by atoms with Crippen LogP contribution in [-0.2, 0) is 4.79 Å². The molecule has 0 unspecified atom stereocenters. The molecular weight excluding hydrogens is 296 g/mol. The van der Waals surface area contributed by atoms with Crippen LogP contribution in [0, 0.1) is 6.92 Å². The maximum Gasteiger partial charge on any atom is 0.226 e. The van der Waals surface area contributed by atoms with Gasteiger partial charge in [-0.1, -0.05) is 5.16 Å². The minimum atomic E-state index is -0.0585. The standard InChI is InChI=1S/C16H20N4O3/c1-12-10-15(19-23-12)18-16(21)5-9-20-8-4-14(11-20)22-13-2-6-17-7-3-13/h2-3,6-7,10,14H,4-5,8-9,11H2,1H3,(H,18,19,21)/t14-/m0/s1. The predicted octanol–water partition coefficient (Wildman–Crippen LogP) is 1.86. The maximum atomic E-state index is 11.9. The summed E-state index contributed by atoms with van der Waals surface area (Å²) >= 11 is 0. The van der Waals surface area contributed by atoms with E-state index in [0.29, 0.717) is 24.5 Å². The number of carbonyl (C=O) groups excluding carboxylic acids is 1. The molecule has 0 spiro atoms. The van der Waals surface area contributed by atoms with Crippen molar-refractivity contribution in [2.24, 2.45) is 0 Å². The highest BCUT2D eigenvalue weighted by Gasteiger charge is 2.24. The first-order valence-electron chi connectivity index (χ1n) is 7.71. The van der Waals surface area contributed by atoms with Crippen LogP contribution in [0.3, 0.4) is 0 Å². The molecule has 0 aromatic carbocycles. The number of hydrogen-bond acceptors (Lipinski definition) is 6. The maximum absolute atomic E-state index is 11.9. The summed E-state index contributed by atoms with van der Waals surface area (Å²) in [6, 6.07) is 5.42. The fourth-order valence-electron chi connectivity index (χ4n) is 2.60. The van der Waals surface area contributed by atoms with Gasteiger partial charge in [0.25, 0.3) is 0 Å². The summed E-state index contributed by atoms with van der Waals surface area (Å²) in [5, 5.41) is 6.48. The summed E-state index contributed by atoms with van der Waals surface area (Å²) < 4.78 is 10.8. The van der Waals surface area contributed by atoms with Crippen molar-refractivity contribution < 1.29 is 14.1 Å². The van der Waals surface area contributed by atoms with Crippen LogP contribution in [0.5, 0.6) is 5.75 Å². The van der Waals surface area contributed by atoms with Crippen molar-refractivity contribution in [3.05, 3.63) is 36.4 Å². The molecule has 122 valence electrons. The Labute approximate surface area is 134 Å². The second-order valence-electron chi connectivity index (χ2n) is 5.63. The molecule has 1 atom stereocenters. The van der Waals surface area contributed by atoms with Gasteiger partial charge in [-0.15, -0.1) is 0 Å². The third-order valence-corrected chi connectivity index (χ3v) is 3.73. The van der Waals surface area contributed by atoms with E-state index in [4.69, 9.17) is 9.26 Å². The number of pyridine rings is 1. The topological polar surface area (TPSA) is 80.5 Å². The first-order valence-corrected chi connectivity index (χ1v) is 7.71. The Hall–Kier alpha value is -2.41. The largest absolute Gasteiger partial charge is 0.489 e. The molecule has 0 radical (unpaired) electrons. The zero-order valence-corrected chi connectivity index (χ0v) is 13.1. The van der Waals surface area contributed by atoms with Crippen molar-refractivity contribution in [1.82, 2.24) is 15.0 Å². The monoisotopic (exact) mass is 316 g/mol. The van der Waals surface area contributed by atoms with Crippen molar-refractivity contribution in [2.45, 2.75) is 25.9 Å². The van der Waals surface area contributed by atoms with E-state index in [1.165, 1.54) is 0 Å². The molecule has 0 saturated carbocycles. The molecule has 1 aliphatic rings. The molecule has 3 heterocycles. The van der Waals surface area contributed by atoms with E-state index in [9.17, 15) is 4.79 Å². The zero-order valence-electron chi connectivity index (χ0n) is 13.1. The molecule has 7 nitrogen and oxygen atoms in total. The van der Waals surface area contributed by atoms with Gasteiger partial charge in [0.2, 0.25) is 5.91 Å². The summed E-state index contributed by atoms with van der Waals surface area (Å²) in [5.74, 6) is 1.92. The second-order valence-corrected chi connectivity index (χ2v) is 5.63. The summed E-state index contributed by atoms with van der Waals surface area (Å²) in [7, 11) is 0. The number of nitrogens with one attached hydrogen (secondary N) is 1. The average Bonchev–Trinajstić information content (AvgIpc) is 3.15. The van der Waals surface area contributed by atoms with Crippen LogP contribution in [0.2, 0.25) is 0 Å². The van der Waals surface area contributed by atoms with E-state index in [1.54, 1.807) is 25.4 Å². The van der Waals surface area contributed by atoms with Gasteiger partial charge >= 0.3 is 0 Å². The number of likely N-dealkylation sites (tertiary alicyclic amines) is 1. The van der Waals surface area contributed by atoms with E-state index in [0.717, 1.165) is 25.3 Å². The average molecular weight is 316 g/mol. The van der Waals surface area contributed by atoms with Gasteiger partial charge in [-0.2, -0.15) is 0 Å². The number of hydrogen-bond donors (Lipinski definition) is 1. The summed E-state index contributed by atoms with van der Waals surface area (Å²) in [6.45, 7) is 4.26. The van der Waals surface area contributed by atoms with E-state index in [2.05, 4.69) is 20.4 Å². The van der Waals surface area contributed by atoms with Crippen molar-refractivity contribution in [2.75, 3.05) is 25.0 Å². The van der Waals surface area contributed by atoms with Crippen LogP contribution >= 0.6 is 0 Å². The SMILES string of the molecule is Cc1cc(NC(=O)CCN2CC[C@H](Oc3ccncc3)C2)no1. The van der Waals surface area contributed by atoms with Gasteiger partial charge in [0, 0.05) is 44.5 Å². The van der Waals surface area contributed by atoms with Crippen molar-refractivity contribution >= 4 is 11.7 Å². The molecule has 2 aromatic rings. The highest BCUT2D eigenvalue weighted by molar-refractivity contribution is 5.89. The summed E-state index contributed by atoms with van der Waals surface area (Å²) in [4.78, 5) is 18.1. The highest BCUT2D eigenvalue weighted by Crippen LogP contribution is 2.17. The van der Waals surface area contributed by atoms with E-state index in [1.807, 2.05) is 12.1 Å². The van der Waals surface area contributed by atoms with Gasteiger partial charge < -0.3 is 14.6 Å². The third-order valence-electron chi connectivity index (χ3n) is 3.73. The number of aryl methyl sites for hydroxylation is 1. The second kappa shape index (κ2) is 7.23. The van der Waals surface area contributed by atoms with Gasteiger partial charge in [0.15, 0.2) is 5.82 Å². The normalized spacial score (nSPS) is 18.0. The van der Waals surface area contributed by atoms with Crippen LogP contribution in [0.25, 0.3) is 0 Å². The van der Waals surface area contributed by atoms with Crippen LogP contribution in [0.15, 0.2) is 35.1 Å². The Balaban J connectivity index is 1.39. The van der Waals surface area contributed by atoms with Gasteiger partial charge in [-0.05, 0) is 25.5 Å². The van der Waals surface area contributed by atoms with Gasteiger partial charge in [0.05, 0.1) is 0 Å². The lowest BCUT2D eigenvalue weighted by Gasteiger charge is -2.16. The van der Waals surface area contributed by atoms with E-state index >= 15 is 0 Å². The Morgan fingerprint density at radius 1 is 1.48 bits per heavy atom. The predicted molar refractivity (Wildman–Crippen MR) is 84.2 cm³/mol. The molecule has 0 bridgehead atoms. The lowest BCUT2D eigenvalue weighted by Crippen LogP contribution is -2.28. The minimum absolute atomic E-state index is 0.0585. The van der Waals surface area contributed by atoms with E-state index < -0.39 is 0 Å². The molecular formula is C16H20N4O3. The molecule has 1 saturated heterocycles. The fraction of sp³-hybridized carbons (Fsp3) is 0.438. The first kappa shape index (κ1) is 15.5. The number of ether oxygens (including phenoxy) is 1. The lowest BCUT2D eigenvalue weighted by atomic mass is 10.3. The van der Waals surface area contributed by atoms with E-state index in [-0.39, 0.29) is 12.0 Å². The van der Waals surface area contributed by atoms with Gasteiger partial charge in [-0.25, -0.2) is 0 Å². The van der Waals surface area contributed by atoms with Crippen LogP contribution < -0.4 is 10.1 Å². The van der Waals surface area contributed by atoms with Gasteiger partial charge in [0.1, 0.15) is 17.6 Å².